The molecule has 2 atom stereocenters. The van der Waals surface area contributed by atoms with Crippen molar-refractivity contribution in [3.63, 3.8) is 0 Å². The van der Waals surface area contributed by atoms with Gasteiger partial charge in [0.25, 0.3) is 5.91 Å². The van der Waals surface area contributed by atoms with Gasteiger partial charge in [0.15, 0.2) is 0 Å². The number of aromatic nitrogens is 3. The number of pyridine rings is 1. The van der Waals surface area contributed by atoms with E-state index in [1.54, 1.807) is 18.3 Å². The summed E-state index contributed by atoms with van der Waals surface area (Å²) in [6.45, 7) is 9.88. The van der Waals surface area contributed by atoms with Crippen LogP contribution in [-0.2, 0) is 0 Å². The van der Waals surface area contributed by atoms with E-state index in [1.807, 2.05) is 31.0 Å². The summed E-state index contributed by atoms with van der Waals surface area (Å²) in [7, 11) is 1.95. The molecular formula is C31H39FN8O. The van der Waals surface area contributed by atoms with Crippen LogP contribution in [0.5, 0.6) is 0 Å². The van der Waals surface area contributed by atoms with E-state index in [-0.39, 0.29) is 11.7 Å². The molecule has 41 heavy (non-hydrogen) atoms. The molecular weight excluding hydrogens is 519 g/mol. The van der Waals surface area contributed by atoms with Crippen LogP contribution in [0, 0.1) is 12.7 Å². The lowest BCUT2D eigenvalue weighted by Crippen LogP contribution is -2.47. The zero-order valence-electron chi connectivity index (χ0n) is 24.2. The number of nitrogens with zero attached hydrogens (tertiary/aromatic N) is 7. The summed E-state index contributed by atoms with van der Waals surface area (Å²) in [4.78, 5) is 36.5. The molecule has 1 amide bonds. The lowest BCUT2D eigenvalue weighted by molar-refractivity contribution is 0.0789. The van der Waals surface area contributed by atoms with Gasteiger partial charge in [-0.3, -0.25) is 4.79 Å². The van der Waals surface area contributed by atoms with Gasteiger partial charge in [-0.2, -0.15) is 4.98 Å². The molecule has 1 N–H and O–H groups in total. The van der Waals surface area contributed by atoms with E-state index in [0.717, 1.165) is 99.5 Å². The van der Waals surface area contributed by atoms with Gasteiger partial charge in [0, 0.05) is 75.7 Å². The van der Waals surface area contributed by atoms with Crippen LogP contribution < -0.4 is 20.0 Å². The zero-order chi connectivity index (χ0) is 28.5. The average Bonchev–Trinajstić information content (AvgIpc) is 3.66. The maximum Gasteiger partial charge on any atom is 0.255 e. The molecule has 3 aliphatic heterocycles. The molecule has 3 aliphatic rings. The summed E-state index contributed by atoms with van der Waals surface area (Å²) in [5, 5.41) is 3.27. The Kier molecular flexibility index (Phi) is 7.75. The van der Waals surface area contributed by atoms with Crippen molar-refractivity contribution >= 4 is 23.5 Å². The van der Waals surface area contributed by atoms with Crippen molar-refractivity contribution in [2.45, 2.75) is 45.2 Å². The Bertz CT molecular complexity index is 1390. The Hall–Kier alpha value is -3.79. The number of likely N-dealkylation sites (N-methyl/N-ethyl adjacent to an activating group) is 1. The lowest BCUT2D eigenvalue weighted by Gasteiger charge is -2.37. The van der Waals surface area contributed by atoms with Crippen molar-refractivity contribution < 1.29 is 9.18 Å². The number of hydrogen-bond acceptors (Lipinski definition) is 8. The number of nitrogens with one attached hydrogen (secondary N) is 1. The molecule has 0 radical (unpaired) electrons. The number of rotatable bonds is 6. The second-order valence-corrected chi connectivity index (χ2v) is 11.5. The molecule has 9 nitrogen and oxygen atoms in total. The first-order valence-electron chi connectivity index (χ1n) is 14.7. The van der Waals surface area contributed by atoms with E-state index in [2.05, 4.69) is 26.9 Å². The molecule has 10 heteroatoms. The number of likely N-dealkylation sites (tertiary alicyclic amines) is 1. The van der Waals surface area contributed by atoms with Gasteiger partial charge in [0.1, 0.15) is 17.5 Å². The minimum absolute atomic E-state index is 0.0542. The molecule has 0 aliphatic carbocycles. The third-order valence-electron chi connectivity index (χ3n) is 8.74. The van der Waals surface area contributed by atoms with Gasteiger partial charge in [0.2, 0.25) is 5.95 Å². The Balaban J connectivity index is 1.18. The molecule has 3 aromatic rings. The predicted octanol–water partition coefficient (Wildman–Crippen LogP) is 3.74. The van der Waals surface area contributed by atoms with Crippen molar-refractivity contribution in [1.29, 1.82) is 0 Å². The van der Waals surface area contributed by atoms with E-state index in [4.69, 9.17) is 15.0 Å². The first-order valence-corrected chi connectivity index (χ1v) is 14.7. The number of hydrogen-bond donors (Lipinski definition) is 1. The standard InChI is InChI=1S/C31H39FN8O/c1-21-17-24(30(41)39-12-10-26(20-39)33-3)19-34-29(21)38-15-13-37(14-16-38)28-18-27(23-6-8-25(32)9-7-23)35-31(36-28)40-11-4-5-22(40)2/h6-9,17-19,22,26,33H,4-5,10-16,20H2,1-3H3. The van der Waals surface area contributed by atoms with Crippen molar-refractivity contribution in [3.8, 4) is 11.3 Å². The summed E-state index contributed by atoms with van der Waals surface area (Å²) < 4.78 is 13.6. The Morgan fingerprint density at radius 1 is 0.976 bits per heavy atom. The molecule has 2 unspecified atom stereocenters. The van der Waals surface area contributed by atoms with Crippen LogP contribution in [-0.4, -0.2) is 90.7 Å². The fourth-order valence-corrected chi connectivity index (χ4v) is 6.24. The summed E-state index contributed by atoms with van der Waals surface area (Å²) in [6, 6.07) is 11.3. The smallest absolute Gasteiger partial charge is 0.255 e. The topological polar surface area (TPSA) is 80.7 Å². The molecule has 1 aromatic carbocycles. The van der Waals surface area contributed by atoms with Crippen molar-refractivity contribution in [1.82, 2.24) is 25.2 Å². The molecule has 3 saturated heterocycles. The minimum Gasteiger partial charge on any atom is -0.353 e. The van der Waals surface area contributed by atoms with Gasteiger partial charge in [0.05, 0.1) is 11.3 Å². The molecule has 6 rings (SSSR count). The van der Waals surface area contributed by atoms with Gasteiger partial charge >= 0.3 is 0 Å². The van der Waals surface area contributed by atoms with Gasteiger partial charge < -0.3 is 24.9 Å². The maximum atomic E-state index is 13.6. The third kappa shape index (κ3) is 5.70. The van der Waals surface area contributed by atoms with Crippen LogP contribution in [0.25, 0.3) is 11.3 Å². The van der Waals surface area contributed by atoms with Crippen LogP contribution in [0.15, 0.2) is 42.6 Å². The molecule has 2 aromatic heterocycles. The van der Waals surface area contributed by atoms with E-state index in [0.29, 0.717) is 17.6 Å². The number of piperazine rings is 1. The Labute approximate surface area is 241 Å². The van der Waals surface area contributed by atoms with Crippen LogP contribution in [0.3, 0.4) is 0 Å². The number of benzene rings is 1. The van der Waals surface area contributed by atoms with Crippen molar-refractivity contribution in [2.24, 2.45) is 0 Å². The Morgan fingerprint density at radius 2 is 1.73 bits per heavy atom. The molecule has 0 bridgehead atoms. The van der Waals surface area contributed by atoms with Crippen LogP contribution >= 0.6 is 0 Å². The largest absolute Gasteiger partial charge is 0.353 e. The number of carbonyl (C=O) groups excluding carboxylic acids is 1. The van der Waals surface area contributed by atoms with Crippen molar-refractivity contribution in [2.75, 3.05) is 67.6 Å². The van der Waals surface area contributed by atoms with Crippen LogP contribution in [0.2, 0.25) is 0 Å². The summed E-state index contributed by atoms with van der Waals surface area (Å²) in [5.41, 5.74) is 3.36. The van der Waals surface area contributed by atoms with Gasteiger partial charge in [-0.15, -0.1) is 0 Å². The van der Waals surface area contributed by atoms with Crippen LogP contribution in [0.1, 0.15) is 42.1 Å². The highest BCUT2D eigenvalue weighted by Gasteiger charge is 2.28. The predicted molar refractivity (Wildman–Crippen MR) is 160 cm³/mol. The molecule has 3 fully saturated rings. The fraction of sp³-hybridized carbons (Fsp3) is 0.484. The number of anilines is 3. The highest BCUT2D eigenvalue weighted by molar-refractivity contribution is 5.94. The van der Waals surface area contributed by atoms with E-state index < -0.39 is 0 Å². The summed E-state index contributed by atoms with van der Waals surface area (Å²) in [6.07, 6.45) is 4.97. The number of halogens is 1. The van der Waals surface area contributed by atoms with Gasteiger partial charge in [-0.25, -0.2) is 14.4 Å². The number of carbonyl (C=O) groups is 1. The Morgan fingerprint density at radius 3 is 2.39 bits per heavy atom. The molecule has 0 saturated carbocycles. The second-order valence-electron chi connectivity index (χ2n) is 11.5. The number of aryl methyl sites for hydroxylation is 1. The van der Waals surface area contributed by atoms with E-state index >= 15 is 0 Å². The quantitative estimate of drug-likeness (QED) is 0.490. The molecule has 5 heterocycles. The average molecular weight is 559 g/mol. The third-order valence-corrected chi connectivity index (χ3v) is 8.74. The lowest BCUT2D eigenvalue weighted by atomic mass is 10.1. The first kappa shape index (κ1) is 27.4. The normalized spacial score (nSPS) is 21.2. The monoisotopic (exact) mass is 558 g/mol. The zero-order valence-corrected chi connectivity index (χ0v) is 24.2. The highest BCUT2D eigenvalue weighted by Crippen LogP contribution is 2.30. The second kappa shape index (κ2) is 11.6. The molecule has 0 spiro atoms. The summed E-state index contributed by atoms with van der Waals surface area (Å²) >= 11 is 0. The van der Waals surface area contributed by atoms with Gasteiger partial charge in [-0.1, -0.05) is 0 Å². The first-order chi connectivity index (χ1) is 19.9. The van der Waals surface area contributed by atoms with Crippen LogP contribution in [0.4, 0.5) is 22.0 Å². The SMILES string of the molecule is CNC1CCN(C(=O)c2cnc(N3CCN(c4cc(-c5ccc(F)cc5)nc(N5CCCC5C)n4)CC3)c(C)c2)C1. The van der Waals surface area contributed by atoms with E-state index in [9.17, 15) is 9.18 Å². The van der Waals surface area contributed by atoms with Crippen molar-refractivity contribution in [3.05, 3.63) is 59.5 Å². The maximum absolute atomic E-state index is 13.6. The summed E-state index contributed by atoms with van der Waals surface area (Å²) in [5.74, 6) is 2.36. The fourth-order valence-electron chi connectivity index (χ4n) is 6.24. The number of amides is 1. The van der Waals surface area contributed by atoms with Gasteiger partial charge in [-0.05, 0) is 76.1 Å². The van der Waals surface area contributed by atoms with E-state index in [1.165, 1.54) is 12.1 Å². The molecule has 216 valence electrons. The minimum atomic E-state index is -0.257. The highest BCUT2D eigenvalue weighted by atomic mass is 19.1.